The van der Waals surface area contributed by atoms with Gasteiger partial charge < -0.3 is 10.6 Å². The molecule has 1 amide bonds. The van der Waals surface area contributed by atoms with Crippen LogP contribution in [0.25, 0.3) is 0 Å². The molecule has 21 heavy (non-hydrogen) atoms. The Hall–Kier alpha value is -1.06. The third-order valence-corrected chi connectivity index (χ3v) is 3.67. The lowest BCUT2D eigenvalue weighted by atomic mass is 9.94. The highest BCUT2D eigenvalue weighted by atomic mass is 35.5. The van der Waals surface area contributed by atoms with Crippen LogP contribution in [0.4, 0.5) is 0 Å². The number of hydrogen-bond acceptors (Lipinski definition) is 2. The topological polar surface area (TPSA) is 41.1 Å². The van der Waals surface area contributed by atoms with Gasteiger partial charge in [-0.3, -0.25) is 4.79 Å². The van der Waals surface area contributed by atoms with Crippen LogP contribution in [-0.2, 0) is 11.2 Å². The Bertz CT molecular complexity index is 417. The molecule has 2 N–H and O–H groups in total. The molecule has 1 aromatic carbocycles. The van der Waals surface area contributed by atoms with Crippen LogP contribution in [-0.4, -0.2) is 19.5 Å². The number of amides is 1. The van der Waals surface area contributed by atoms with Gasteiger partial charge in [-0.25, -0.2) is 0 Å². The van der Waals surface area contributed by atoms with E-state index in [4.69, 9.17) is 0 Å². The zero-order valence-corrected chi connectivity index (χ0v) is 14.6. The van der Waals surface area contributed by atoms with Gasteiger partial charge in [0.2, 0.25) is 5.91 Å². The molecule has 1 rings (SSSR count). The van der Waals surface area contributed by atoms with E-state index in [0.717, 1.165) is 6.42 Å². The second kappa shape index (κ2) is 9.80. The number of halogens is 1. The standard InChI is InChI=1S/C17H28N2O.ClH/c1-6-14-7-9-15(10-8-14)16(12(2)3)19-17(20)13(4)11-18-5;/h7-10,12-13,16,18H,6,11H2,1-5H3,(H,19,20);1H. The second-order valence-electron chi connectivity index (χ2n) is 5.78. The Morgan fingerprint density at radius 3 is 2.14 bits per heavy atom. The van der Waals surface area contributed by atoms with Gasteiger partial charge in [0, 0.05) is 12.5 Å². The minimum atomic E-state index is -0.0174. The molecule has 2 atom stereocenters. The molecule has 120 valence electrons. The highest BCUT2D eigenvalue weighted by molar-refractivity contribution is 5.85. The van der Waals surface area contributed by atoms with Crippen molar-refractivity contribution in [3.63, 3.8) is 0 Å². The molecule has 0 radical (unpaired) electrons. The molecule has 2 unspecified atom stereocenters. The number of nitrogens with one attached hydrogen (secondary N) is 2. The van der Waals surface area contributed by atoms with Gasteiger partial charge in [-0.05, 0) is 30.5 Å². The average molecular weight is 313 g/mol. The van der Waals surface area contributed by atoms with E-state index in [-0.39, 0.29) is 30.3 Å². The molecule has 0 aromatic heterocycles. The van der Waals surface area contributed by atoms with Gasteiger partial charge in [-0.1, -0.05) is 52.0 Å². The smallest absolute Gasteiger partial charge is 0.224 e. The largest absolute Gasteiger partial charge is 0.349 e. The maximum Gasteiger partial charge on any atom is 0.224 e. The molecule has 0 saturated heterocycles. The van der Waals surface area contributed by atoms with E-state index in [1.165, 1.54) is 11.1 Å². The maximum atomic E-state index is 12.2. The summed E-state index contributed by atoms with van der Waals surface area (Å²) in [5, 5.41) is 6.22. The number of aryl methyl sites for hydroxylation is 1. The molecule has 0 bridgehead atoms. The Balaban J connectivity index is 0.00000400. The molecular formula is C17H29ClN2O. The zero-order chi connectivity index (χ0) is 15.1. The third kappa shape index (κ3) is 6.06. The first-order chi connectivity index (χ1) is 9.49. The molecule has 1 aromatic rings. The lowest BCUT2D eigenvalue weighted by Gasteiger charge is -2.25. The number of rotatable bonds is 7. The highest BCUT2D eigenvalue weighted by Gasteiger charge is 2.21. The fourth-order valence-corrected chi connectivity index (χ4v) is 2.29. The van der Waals surface area contributed by atoms with Crippen LogP contribution < -0.4 is 10.6 Å². The van der Waals surface area contributed by atoms with E-state index < -0.39 is 0 Å². The van der Waals surface area contributed by atoms with Crippen LogP contribution in [0.3, 0.4) is 0 Å². The predicted octanol–water partition coefficient (Wildman–Crippen LogP) is 3.34. The van der Waals surface area contributed by atoms with Crippen molar-refractivity contribution in [2.45, 2.75) is 40.2 Å². The Morgan fingerprint density at radius 2 is 1.71 bits per heavy atom. The predicted molar refractivity (Wildman–Crippen MR) is 91.9 cm³/mol. The van der Waals surface area contributed by atoms with Crippen molar-refractivity contribution in [2.24, 2.45) is 11.8 Å². The molecule has 3 nitrogen and oxygen atoms in total. The van der Waals surface area contributed by atoms with E-state index in [9.17, 15) is 4.79 Å². The normalized spacial score (nSPS) is 13.4. The molecule has 0 saturated carbocycles. The van der Waals surface area contributed by atoms with Crippen LogP contribution in [0.5, 0.6) is 0 Å². The monoisotopic (exact) mass is 312 g/mol. The lowest BCUT2D eigenvalue weighted by Crippen LogP contribution is -2.38. The summed E-state index contributed by atoms with van der Waals surface area (Å²) in [4.78, 5) is 12.2. The van der Waals surface area contributed by atoms with Crippen molar-refractivity contribution in [3.05, 3.63) is 35.4 Å². The van der Waals surface area contributed by atoms with Crippen LogP contribution in [0.2, 0.25) is 0 Å². The Labute approximate surface area is 135 Å². The highest BCUT2D eigenvalue weighted by Crippen LogP contribution is 2.22. The summed E-state index contributed by atoms with van der Waals surface area (Å²) in [5.74, 6) is 0.460. The van der Waals surface area contributed by atoms with E-state index >= 15 is 0 Å². The Kier molecular flexibility index (Phi) is 9.31. The molecule has 0 aliphatic carbocycles. The van der Waals surface area contributed by atoms with Gasteiger partial charge in [0.05, 0.1) is 6.04 Å². The van der Waals surface area contributed by atoms with Gasteiger partial charge in [0.15, 0.2) is 0 Å². The minimum Gasteiger partial charge on any atom is -0.349 e. The van der Waals surface area contributed by atoms with Gasteiger partial charge in [-0.15, -0.1) is 12.4 Å². The SMILES string of the molecule is CCc1ccc(C(NC(=O)C(C)CNC)C(C)C)cc1.Cl. The summed E-state index contributed by atoms with van der Waals surface area (Å²) in [5.41, 5.74) is 2.51. The lowest BCUT2D eigenvalue weighted by molar-refractivity contribution is -0.125. The molecule has 4 heteroatoms. The average Bonchev–Trinajstić information content (AvgIpc) is 2.44. The van der Waals surface area contributed by atoms with Crippen molar-refractivity contribution < 1.29 is 4.79 Å². The molecule has 0 heterocycles. The van der Waals surface area contributed by atoms with Crippen LogP contribution in [0.15, 0.2) is 24.3 Å². The van der Waals surface area contributed by atoms with Gasteiger partial charge in [0.25, 0.3) is 0 Å². The molecular weight excluding hydrogens is 284 g/mol. The van der Waals surface area contributed by atoms with E-state index in [1.54, 1.807) is 0 Å². The number of hydrogen-bond donors (Lipinski definition) is 2. The molecule has 0 aliphatic heterocycles. The summed E-state index contributed by atoms with van der Waals surface area (Å²) in [6.07, 6.45) is 1.04. The first-order valence-corrected chi connectivity index (χ1v) is 7.53. The third-order valence-electron chi connectivity index (χ3n) is 3.67. The Morgan fingerprint density at radius 1 is 1.14 bits per heavy atom. The number of carbonyl (C=O) groups excluding carboxylic acids is 1. The second-order valence-corrected chi connectivity index (χ2v) is 5.78. The fourth-order valence-electron chi connectivity index (χ4n) is 2.29. The molecule has 0 aliphatic rings. The van der Waals surface area contributed by atoms with Crippen LogP contribution in [0, 0.1) is 11.8 Å². The van der Waals surface area contributed by atoms with Crippen molar-refractivity contribution in [2.75, 3.05) is 13.6 Å². The van der Waals surface area contributed by atoms with Crippen molar-refractivity contribution >= 4 is 18.3 Å². The number of carbonyl (C=O) groups is 1. The zero-order valence-electron chi connectivity index (χ0n) is 13.8. The van der Waals surface area contributed by atoms with E-state index in [0.29, 0.717) is 12.5 Å². The summed E-state index contributed by atoms with van der Waals surface area (Å²) in [6.45, 7) is 9.08. The van der Waals surface area contributed by atoms with Crippen LogP contribution >= 0.6 is 12.4 Å². The summed E-state index contributed by atoms with van der Waals surface area (Å²) in [7, 11) is 1.87. The van der Waals surface area contributed by atoms with E-state index in [2.05, 4.69) is 55.7 Å². The summed E-state index contributed by atoms with van der Waals surface area (Å²) in [6, 6.07) is 8.63. The van der Waals surface area contributed by atoms with Crippen molar-refractivity contribution in [1.29, 1.82) is 0 Å². The summed E-state index contributed by atoms with van der Waals surface area (Å²) < 4.78 is 0. The quantitative estimate of drug-likeness (QED) is 0.811. The van der Waals surface area contributed by atoms with Gasteiger partial charge in [-0.2, -0.15) is 0 Å². The first-order valence-electron chi connectivity index (χ1n) is 7.53. The van der Waals surface area contributed by atoms with Crippen molar-refractivity contribution in [3.8, 4) is 0 Å². The number of benzene rings is 1. The minimum absolute atomic E-state index is 0. The summed E-state index contributed by atoms with van der Waals surface area (Å²) >= 11 is 0. The maximum absolute atomic E-state index is 12.2. The van der Waals surface area contributed by atoms with Crippen LogP contribution in [0.1, 0.15) is 44.9 Å². The molecule has 0 spiro atoms. The van der Waals surface area contributed by atoms with Gasteiger partial charge in [0.1, 0.15) is 0 Å². The van der Waals surface area contributed by atoms with Crippen molar-refractivity contribution in [1.82, 2.24) is 10.6 Å². The molecule has 0 fully saturated rings. The van der Waals surface area contributed by atoms with Gasteiger partial charge >= 0.3 is 0 Å². The first kappa shape index (κ1) is 19.9. The fraction of sp³-hybridized carbons (Fsp3) is 0.588. The van der Waals surface area contributed by atoms with E-state index in [1.807, 2.05) is 14.0 Å².